The van der Waals surface area contributed by atoms with Crippen LogP contribution in [0.4, 0.5) is 0 Å². The highest BCUT2D eigenvalue weighted by molar-refractivity contribution is 5.03. The maximum Gasteiger partial charge on any atom is 0.244 e. The Balaban J connectivity index is 1.81. The molecule has 2 fully saturated rings. The molecule has 1 aromatic heterocycles. The van der Waals surface area contributed by atoms with Crippen molar-refractivity contribution in [2.45, 2.75) is 38.6 Å². The van der Waals surface area contributed by atoms with Gasteiger partial charge < -0.3 is 4.52 Å². The molecule has 0 aliphatic carbocycles. The molecule has 3 heterocycles. The van der Waals surface area contributed by atoms with Gasteiger partial charge in [-0.3, -0.25) is 4.90 Å². The molecule has 2 saturated heterocycles. The number of aromatic nitrogens is 2. The van der Waals surface area contributed by atoms with E-state index in [4.69, 9.17) is 4.52 Å². The molecule has 82 valence electrons. The minimum Gasteiger partial charge on any atom is -0.338 e. The average Bonchev–Trinajstić information content (AvgIpc) is 2.93. The van der Waals surface area contributed by atoms with Crippen molar-refractivity contribution in [2.75, 3.05) is 13.1 Å². The van der Waals surface area contributed by atoms with Gasteiger partial charge in [-0.1, -0.05) is 19.0 Å². The highest BCUT2D eigenvalue weighted by Gasteiger charge is 2.41. The molecule has 4 heteroatoms. The maximum absolute atomic E-state index is 5.36. The second kappa shape index (κ2) is 3.30. The lowest BCUT2D eigenvalue weighted by Crippen LogP contribution is -2.22. The molecule has 0 N–H and O–H groups in total. The van der Waals surface area contributed by atoms with Gasteiger partial charge in [0.2, 0.25) is 5.89 Å². The normalized spacial score (nSPS) is 34.2. The Morgan fingerprint density at radius 1 is 1.47 bits per heavy atom. The monoisotopic (exact) mass is 207 g/mol. The highest BCUT2D eigenvalue weighted by atomic mass is 16.5. The first-order valence-corrected chi connectivity index (χ1v) is 5.81. The van der Waals surface area contributed by atoms with E-state index in [1.54, 1.807) is 0 Å². The first-order valence-electron chi connectivity index (χ1n) is 5.81. The third-order valence-corrected chi connectivity index (χ3v) is 3.57. The summed E-state index contributed by atoms with van der Waals surface area (Å²) in [5, 5.41) is 4.03. The van der Waals surface area contributed by atoms with E-state index < -0.39 is 0 Å². The number of piperidine rings is 1. The van der Waals surface area contributed by atoms with Crippen LogP contribution in [0.1, 0.15) is 50.4 Å². The van der Waals surface area contributed by atoms with Crippen LogP contribution in [-0.4, -0.2) is 28.1 Å². The molecule has 15 heavy (non-hydrogen) atoms. The number of hydrogen-bond acceptors (Lipinski definition) is 4. The fourth-order valence-electron chi connectivity index (χ4n) is 2.68. The number of fused-ring (bicyclic) bond motifs is 2. The van der Waals surface area contributed by atoms with Crippen LogP contribution in [0.3, 0.4) is 0 Å². The second-order valence-corrected chi connectivity index (χ2v) is 5.05. The standard InChI is InChI=1S/C11H17N3O/c1-7(2)10-12-11(15-13-10)9-5-8-3-4-14(9)6-8/h7-9H,3-6H2,1-2H3. The molecule has 0 aromatic carbocycles. The predicted molar refractivity (Wildman–Crippen MR) is 55.4 cm³/mol. The third-order valence-electron chi connectivity index (χ3n) is 3.57. The van der Waals surface area contributed by atoms with E-state index in [1.807, 2.05) is 0 Å². The second-order valence-electron chi connectivity index (χ2n) is 5.05. The Kier molecular flexibility index (Phi) is 2.06. The zero-order valence-electron chi connectivity index (χ0n) is 9.31. The molecule has 4 nitrogen and oxygen atoms in total. The largest absolute Gasteiger partial charge is 0.338 e. The molecule has 2 bridgehead atoms. The average molecular weight is 207 g/mol. The van der Waals surface area contributed by atoms with Crippen LogP contribution in [-0.2, 0) is 0 Å². The summed E-state index contributed by atoms with van der Waals surface area (Å²) in [6.07, 6.45) is 2.56. The maximum atomic E-state index is 5.36. The summed E-state index contributed by atoms with van der Waals surface area (Å²) in [5.74, 6) is 2.90. The van der Waals surface area contributed by atoms with Crippen LogP contribution in [0, 0.1) is 5.92 Å². The lowest BCUT2D eigenvalue weighted by Gasteiger charge is -2.20. The fourth-order valence-corrected chi connectivity index (χ4v) is 2.68. The van der Waals surface area contributed by atoms with E-state index in [0.717, 1.165) is 17.6 Å². The number of hydrogen-bond donors (Lipinski definition) is 0. The van der Waals surface area contributed by atoms with E-state index in [0.29, 0.717) is 12.0 Å². The van der Waals surface area contributed by atoms with Crippen LogP contribution < -0.4 is 0 Å². The Morgan fingerprint density at radius 2 is 2.33 bits per heavy atom. The number of nitrogens with zero attached hydrogens (tertiary/aromatic N) is 3. The SMILES string of the molecule is CC(C)c1noc(C2CC3CCN2C3)n1. The van der Waals surface area contributed by atoms with Gasteiger partial charge in [-0.2, -0.15) is 4.98 Å². The highest BCUT2D eigenvalue weighted by Crippen LogP contribution is 2.41. The van der Waals surface area contributed by atoms with Gasteiger partial charge in [-0.05, 0) is 25.3 Å². The summed E-state index contributed by atoms with van der Waals surface area (Å²) in [7, 11) is 0. The number of rotatable bonds is 2. The topological polar surface area (TPSA) is 42.2 Å². The van der Waals surface area contributed by atoms with Crippen LogP contribution in [0.15, 0.2) is 4.52 Å². The zero-order chi connectivity index (χ0) is 10.4. The molecule has 2 aliphatic rings. The fraction of sp³-hybridized carbons (Fsp3) is 0.818. The summed E-state index contributed by atoms with van der Waals surface area (Å²) in [6, 6.07) is 0.406. The molecule has 0 amide bonds. The van der Waals surface area contributed by atoms with Crippen LogP contribution in [0.2, 0.25) is 0 Å². The summed E-state index contributed by atoms with van der Waals surface area (Å²) in [4.78, 5) is 6.97. The molecule has 3 atom stereocenters. The van der Waals surface area contributed by atoms with Crippen molar-refractivity contribution in [3.8, 4) is 0 Å². The van der Waals surface area contributed by atoms with Crippen molar-refractivity contribution in [1.82, 2.24) is 15.0 Å². The van der Waals surface area contributed by atoms with Crippen LogP contribution >= 0.6 is 0 Å². The van der Waals surface area contributed by atoms with Crippen molar-refractivity contribution in [1.29, 1.82) is 0 Å². The van der Waals surface area contributed by atoms with E-state index in [1.165, 1.54) is 25.9 Å². The third kappa shape index (κ3) is 1.47. The predicted octanol–water partition coefficient (Wildman–Crippen LogP) is 1.96. The lowest BCUT2D eigenvalue weighted by atomic mass is 10.0. The molecule has 3 rings (SSSR count). The van der Waals surface area contributed by atoms with Crippen LogP contribution in [0.5, 0.6) is 0 Å². The van der Waals surface area contributed by atoms with Crippen molar-refractivity contribution in [2.24, 2.45) is 5.92 Å². The minimum atomic E-state index is 0.357. The molecule has 2 aliphatic heterocycles. The van der Waals surface area contributed by atoms with E-state index >= 15 is 0 Å². The summed E-state index contributed by atoms with van der Waals surface area (Å²) < 4.78 is 5.36. The Bertz CT molecular complexity index is 360. The molecule has 0 spiro atoms. The summed E-state index contributed by atoms with van der Waals surface area (Å²) in [6.45, 7) is 6.62. The Hall–Kier alpha value is -0.900. The summed E-state index contributed by atoms with van der Waals surface area (Å²) >= 11 is 0. The van der Waals surface area contributed by atoms with Gasteiger partial charge in [0.15, 0.2) is 5.82 Å². The van der Waals surface area contributed by atoms with Gasteiger partial charge in [0.05, 0.1) is 6.04 Å². The molecule has 3 unspecified atom stereocenters. The molecular formula is C11H17N3O. The zero-order valence-corrected chi connectivity index (χ0v) is 9.31. The molecule has 0 saturated carbocycles. The van der Waals surface area contributed by atoms with Gasteiger partial charge in [0.1, 0.15) is 0 Å². The van der Waals surface area contributed by atoms with Crippen molar-refractivity contribution >= 4 is 0 Å². The van der Waals surface area contributed by atoms with Gasteiger partial charge in [-0.25, -0.2) is 0 Å². The first kappa shape index (κ1) is 9.33. The Morgan fingerprint density at radius 3 is 2.87 bits per heavy atom. The minimum absolute atomic E-state index is 0.357. The summed E-state index contributed by atoms with van der Waals surface area (Å²) in [5.41, 5.74) is 0. The lowest BCUT2D eigenvalue weighted by molar-refractivity contribution is 0.209. The smallest absolute Gasteiger partial charge is 0.244 e. The molecule has 0 radical (unpaired) electrons. The van der Waals surface area contributed by atoms with Gasteiger partial charge in [0, 0.05) is 12.5 Å². The quantitative estimate of drug-likeness (QED) is 0.743. The van der Waals surface area contributed by atoms with E-state index in [9.17, 15) is 0 Å². The van der Waals surface area contributed by atoms with E-state index in [2.05, 4.69) is 28.9 Å². The van der Waals surface area contributed by atoms with Gasteiger partial charge in [0.25, 0.3) is 0 Å². The van der Waals surface area contributed by atoms with E-state index in [-0.39, 0.29) is 0 Å². The van der Waals surface area contributed by atoms with Crippen molar-refractivity contribution < 1.29 is 4.52 Å². The molecular weight excluding hydrogens is 190 g/mol. The van der Waals surface area contributed by atoms with Gasteiger partial charge >= 0.3 is 0 Å². The van der Waals surface area contributed by atoms with Crippen molar-refractivity contribution in [3.05, 3.63) is 11.7 Å². The van der Waals surface area contributed by atoms with Crippen LogP contribution in [0.25, 0.3) is 0 Å². The van der Waals surface area contributed by atoms with Gasteiger partial charge in [-0.15, -0.1) is 0 Å². The first-order chi connectivity index (χ1) is 7.24. The molecule has 1 aromatic rings. The Labute approximate surface area is 89.6 Å². The van der Waals surface area contributed by atoms with Crippen molar-refractivity contribution in [3.63, 3.8) is 0 Å².